The lowest BCUT2D eigenvalue weighted by Crippen LogP contribution is -2.39. The summed E-state index contributed by atoms with van der Waals surface area (Å²) in [5.74, 6) is 1.17. The van der Waals surface area contributed by atoms with Crippen molar-refractivity contribution in [3.63, 3.8) is 0 Å². The number of aliphatic imine (C=N–C) groups is 1. The van der Waals surface area contributed by atoms with Crippen LogP contribution in [0, 0.1) is 0 Å². The van der Waals surface area contributed by atoms with E-state index in [0.29, 0.717) is 31.5 Å². The second kappa shape index (κ2) is 13.5. The largest absolute Gasteiger partial charge is 0.466 e. The van der Waals surface area contributed by atoms with Crippen LogP contribution in [-0.2, 0) is 15.1 Å². The van der Waals surface area contributed by atoms with Crippen LogP contribution in [-0.4, -0.2) is 57.6 Å². The van der Waals surface area contributed by atoms with E-state index in [1.165, 1.54) is 0 Å². The lowest BCUT2D eigenvalue weighted by atomic mass is 10.0. The zero-order valence-electron chi connectivity index (χ0n) is 14.7. The van der Waals surface area contributed by atoms with Gasteiger partial charge in [0.05, 0.1) is 26.0 Å². The summed E-state index contributed by atoms with van der Waals surface area (Å²) in [4.78, 5) is 4.41. The second-order valence-electron chi connectivity index (χ2n) is 5.33. The quantitative estimate of drug-likeness (QED) is 0.204. The lowest BCUT2D eigenvalue weighted by Gasteiger charge is -2.19. The summed E-state index contributed by atoms with van der Waals surface area (Å²) in [6, 6.07) is 3.49. The van der Waals surface area contributed by atoms with Gasteiger partial charge in [0, 0.05) is 26.8 Å². The zero-order chi connectivity index (χ0) is 17.0. The summed E-state index contributed by atoms with van der Waals surface area (Å²) in [6.07, 6.45) is 2.41. The summed E-state index contributed by atoms with van der Waals surface area (Å²) in [6.45, 7) is 7.26. The molecule has 0 saturated carbocycles. The fourth-order valence-electron chi connectivity index (χ4n) is 1.86. The van der Waals surface area contributed by atoms with Gasteiger partial charge in [-0.05, 0) is 32.4 Å². The third-order valence-corrected chi connectivity index (χ3v) is 3.13. The van der Waals surface area contributed by atoms with Crippen LogP contribution in [0.25, 0.3) is 0 Å². The van der Waals surface area contributed by atoms with Gasteiger partial charge < -0.3 is 29.6 Å². The molecule has 7 nitrogen and oxygen atoms in total. The van der Waals surface area contributed by atoms with Crippen molar-refractivity contribution in [2.45, 2.75) is 25.9 Å². The molecule has 24 heavy (non-hydrogen) atoms. The fraction of sp³-hybridized carbons (Fsp3) is 0.688. The molecule has 1 aromatic heterocycles. The Balaban J connectivity index is 0.00000529. The highest BCUT2D eigenvalue weighted by molar-refractivity contribution is 14.0. The van der Waals surface area contributed by atoms with Crippen LogP contribution in [0.3, 0.4) is 0 Å². The van der Waals surface area contributed by atoms with E-state index in [0.717, 1.165) is 19.5 Å². The van der Waals surface area contributed by atoms with Crippen molar-refractivity contribution < 1.29 is 19.0 Å². The third kappa shape index (κ3) is 9.45. The molecule has 0 bridgehead atoms. The van der Waals surface area contributed by atoms with E-state index in [9.17, 15) is 5.11 Å². The van der Waals surface area contributed by atoms with Crippen molar-refractivity contribution in [3.05, 3.63) is 24.2 Å². The van der Waals surface area contributed by atoms with Gasteiger partial charge in [0.15, 0.2) is 5.96 Å². The topological polar surface area (TPSA) is 88.3 Å². The van der Waals surface area contributed by atoms with E-state index in [1.807, 2.05) is 6.92 Å². The molecule has 1 unspecified atom stereocenters. The number of hydrogen-bond donors (Lipinski definition) is 3. The lowest BCUT2D eigenvalue weighted by molar-refractivity contribution is 0.0437. The van der Waals surface area contributed by atoms with Crippen LogP contribution in [0.4, 0.5) is 0 Å². The minimum atomic E-state index is -1.13. The molecule has 0 saturated heterocycles. The predicted molar refractivity (Wildman–Crippen MR) is 105 cm³/mol. The number of ether oxygens (including phenoxy) is 2. The molecule has 1 atom stereocenters. The number of nitrogens with zero attached hydrogens (tertiary/aromatic N) is 1. The number of furan rings is 1. The fourth-order valence-corrected chi connectivity index (χ4v) is 1.86. The highest BCUT2D eigenvalue weighted by atomic mass is 127. The van der Waals surface area contributed by atoms with Gasteiger partial charge in [0.2, 0.25) is 0 Å². The van der Waals surface area contributed by atoms with Crippen molar-refractivity contribution in [3.8, 4) is 0 Å². The van der Waals surface area contributed by atoms with Crippen molar-refractivity contribution in [1.82, 2.24) is 10.6 Å². The Morgan fingerprint density at radius 1 is 1.33 bits per heavy atom. The molecule has 1 heterocycles. The van der Waals surface area contributed by atoms with Crippen LogP contribution in [0.2, 0.25) is 0 Å². The molecule has 0 radical (unpaired) electrons. The summed E-state index contributed by atoms with van der Waals surface area (Å²) >= 11 is 0. The number of methoxy groups -OCH3 is 1. The first-order valence-electron chi connectivity index (χ1n) is 7.95. The maximum Gasteiger partial charge on any atom is 0.191 e. The van der Waals surface area contributed by atoms with Crippen LogP contribution in [0.15, 0.2) is 27.8 Å². The first-order chi connectivity index (χ1) is 11.1. The second-order valence-corrected chi connectivity index (χ2v) is 5.33. The zero-order valence-corrected chi connectivity index (χ0v) is 17.0. The van der Waals surface area contributed by atoms with E-state index in [4.69, 9.17) is 13.9 Å². The molecular weight excluding hydrogens is 425 g/mol. The summed E-state index contributed by atoms with van der Waals surface area (Å²) < 4.78 is 15.6. The molecule has 1 aromatic rings. The number of aliphatic hydroxyl groups is 1. The highest BCUT2D eigenvalue weighted by Crippen LogP contribution is 2.20. The Labute approximate surface area is 161 Å². The van der Waals surface area contributed by atoms with Gasteiger partial charge in [0.25, 0.3) is 0 Å². The van der Waals surface area contributed by atoms with E-state index in [2.05, 4.69) is 15.6 Å². The molecule has 0 amide bonds. The summed E-state index contributed by atoms with van der Waals surface area (Å²) in [5, 5.41) is 16.8. The molecule has 0 aromatic carbocycles. The molecule has 0 spiro atoms. The number of guanidine groups is 1. The van der Waals surface area contributed by atoms with Gasteiger partial charge in [-0.2, -0.15) is 0 Å². The molecule has 8 heteroatoms. The van der Waals surface area contributed by atoms with Gasteiger partial charge in [-0.25, -0.2) is 4.99 Å². The van der Waals surface area contributed by atoms with Gasteiger partial charge in [0.1, 0.15) is 11.4 Å². The van der Waals surface area contributed by atoms with Crippen LogP contribution >= 0.6 is 24.0 Å². The Kier molecular flexibility index (Phi) is 13.0. The monoisotopic (exact) mass is 455 g/mol. The van der Waals surface area contributed by atoms with Gasteiger partial charge >= 0.3 is 0 Å². The average Bonchev–Trinajstić information content (AvgIpc) is 3.07. The Morgan fingerprint density at radius 3 is 2.75 bits per heavy atom. The highest BCUT2D eigenvalue weighted by Gasteiger charge is 2.25. The van der Waals surface area contributed by atoms with Crippen LogP contribution in [0.5, 0.6) is 0 Å². The molecular formula is C16H30IN3O4. The van der Waals surface area contributed by atoms with Crippen LogP contribution < -0.4 is 10.6 Å². The molecule has 0 aliphatic heterocycles. The molecule has 3 N–H and O–H groups in total. The molecule has 1 rings (SSSR count). The van der Waals surface area contributed by atoms with E-state index < -0.39 is 5.60 Å². The number of halogens is 1. The minimum Gasteiger partial charge on any atom is -0.466 e. The van der Waals surface area contributed by atoms with Crippen molar-refractivity contribution >= 4 is 29.9 Å². The number of nitrogens with one attached hydrogen (secondary N) is 2. The normalized spacial score (nSPS) is 13.9. The SMILES string of the molecule is CCNC(=NCC(C)(O)c1ccco1)NCCCOCCOC.I. The molecule has 0 aliphatic carbocycles. The maximum atomic E-state index is 10.4. The minimum absolute atomic E-state index is 0. The Bertz CT molecular complexity index is 439. The van der Waals surface area contributed by atoms with Crippen molar-refractivity contribution in [2.24, 2.45) is 4.99 Å². The third-order valence-electron chi connectivity index (χ3n) is 3.13. The summed E-state index contributed by atoms with van der Waals surface area (Å²) in [5.41, 5.74) is -1.13. The van der Waals surface area contributed by atoms with Crippen molar-refractivity contribution in [1.29, 1.82) is 0 Å². The number of hydrogen-bond acceptors (Lipinski definition) is 5. The number of rotatable bonds is 11. The Hall–Kier alpha value is -0.840. The first-order valence-corrected chi connectivity index (χ1v) is 7.95. The van der Waals surface area contributed by atoms with E-state index in [1.54, 1.807) is 32.4 Å². The maximum absolute atomic E-state index is 10.4. The van der Waals surface area contributed by atoms with E-state index in [-0.39, 0.29) is 30.5 Å². The first kappa shape index (κ1) is 23.2. The molecule has 0 fully saturated rings. The molecule has 140 valence electrons. The summed E-state index contributed by atoms with van der Waals surface area (Å²) in [7, 11) is 1.65. The Morgan fingerprint density at radius 2 is 2.12 bits per heavy atom. The predicted octanol–water partition coefficient (Wildman–Crippen LogP) is 1.71. The van der Waals surface area contributed by atoms with Gasteiger partial charge in [-0.15, -0.1) is 24.0 Å². The standard InChI is InChI=1S/C16H29N3O4.HI/c1-4-17-15(18-8-6-9-22-12-11-21-3)19-13-16(2,20)14-7-5-10-23-14;/h5,7,10,20H,4,6,8-9,11-13H2,1-3H3,(H2,17,18,19);1H. The van der Waals surface area contributed by atoms with Gasteiger partial charge in [-0.1, -0.05) is 0 Å². The molecule has 0 aliphatic rings. The van der Waals surface area contributed by atoms with Crippen molar-refractivity contribution in [2.75, 3.05) is 46.6 Å². The average molecular weight is 455 g/mol. The van der Waals surface area contributed by atoms with Gasteiger partial charge in [-0.3, -0.25) is 0 Å². The van der Waals surface area contributed by atoms with E-state index >= 15 is 0 Å². The smallest absolute Gasteiger partial charge is 0.191 e. The van der Waals surface area contributed by atoms with Crippen LogP contribution in [0.1, 0.15) is 26.0 Å².